The van der Waals surface area contributed by atoms with Crippen LogP contribution in [0, 0.1) is 12.3 Å². The molecule has 0 unspecified atom stereocenters. The highest BCUT2D eigenvalue weighted by Crippen LogP contribution is 2.42. The molecule has 12 nitrogen and oxygen atoms in total. The van der Waals surface area contributed by atoms with E-state index in [1.54, 1.807) is 39.1 Å². The molecule has 47 heavy (non-hydrogen) atoms. The van der Waals surface area contributed by atoms with Gasteiger partial charge in [-0.1, -0.05) is 6.07 Å². The summed E-state index contributed by atoms with van der Waals surface area (Å²) in [5.74, 6) is -1.14. The number of nitrogens with two attached hydrogens (primary N) is 1. The number of nitrogen functional groups attached to an aromatic ring is 1. The Bertz CT molecular complexity index is 1620. The summed E-state index contributed by atoms with van der Waals surface area (Å²) in [6, 6.07) is 6.99. The molecule has 2 aromatic heterocycles. The second-order valence-electron chi connectivity index (χ2n) is 11.6. The van der Waals surface area contributed by atoms with Crippen molar-refractivity contribution in [3.63, 3.8) is 0 Å². The third-order valence-corrected chi connectivity index (χ3v) is 8.32. The van der Waals surface area contributed by atoms with Crippen molar-refractivity contribution in [1.82, 2.24) is 25.1 Å². The number of rotatable bonds is 10. The minimum atomic E-state index is -4.89. The minimum absolute atomic E-state index is 0.0960. The Labute approximate surface area is 270 Å². The van der Waals surface area contributed by atoms with Gasteiger partial charge >= 0.3 is 18.1 Å². The summed E-state index contributed by atoms with van der Waals surface area (Å²) in [5, 5.41) is 7.57. The Kier molecular flexibility index (Phi) is 10.0. The molecule has 252 valence electrons. The Hall–Kier alpha value is -4.66. The number of aromatic nitrogens is 4. The highest BCUT2D eigenvalue weighted by atomic mass is 19.4. The van der Waals surface area contributed by atoms with Crippen LogP contribution in [0.15, 0.2) is 42.6 Å². The number of anilines is 2. The first kappa shape index (κ1) is 33.7. The van der Waals surface area contributed by atoms with Crippen molar-refractivity contribution < 1.29 is 37.0 Å². The maximum absolute atomic E-state index is 14.8. The van der Waals surface area contributed by atoms with Crippen LogP contribution in [0.4, 0.5) is 24.9 Å². The summed E-state index contributed by atoms with van der Waals surface area (Å²) in [7, 11) is 0. The predicted molar refractivity (Wildman–Crippen MR) is 167 cm³/mol. The molecule has 0 radical (unpaired) electrons. The Morgan fingerprint density at radius 2 is 1.87 bits per heavy atom. The fraction of sp³-hybridized carbons (Fsp3) is 0.469. The number of aryl methyl sites for hydroxylation is 1. The van der Waals surface area contributed by atoms with E-state index in [1.807, 2.05) is 4.90 Å². The fourth-order valence-electron chi connectivity index (χ4n) is 6.00. The van der Waals surface area contributed by atoms with Gasteiger partial charge in [0.25, 0.3) is 0 Å². The van der Waals surface area contributed by atoms with Crippen molar-refractivity contribution in [3.05, 3.63) is 59.4 Å². The van der Waals surface area contributed by atoms with E-state index >= 15 is 0 Å². The molecule has 0 saturated carbocycles. The van der Waals surface area contributed by atoms with Gasteiger partial charge in [-0.3, -0.25) is 4.79 Å². The highest BCUT2D eigenvalue weighted by molar-refractivity contribution is 5.87. The summed E-state index contributed by atoms with van der Waals surface area (Å²) in [6.07, 6.45) is -1.18. The number of nitrogens with one attached hydrogen (secondary N) is 1. The molecule has 2 fully saturated rings. The van der Waals surface area contributed by atoms with Crippen LogP contribution in [0.1, 0.15) is 56.0 Å². The molecule has 0 bridgehead atoms. The van der Waals surface area contributed by atoms with Gasteiger partial charge < -0.3 is 30.2 Å². The van der Waals surface area contributed by atoms with Gasteiger partial charge in [-0.2, -0.15) is 28.2 Å². The molecule has 2 saturated heterocycles. The van der Waals surface area contributed by atoms with E-state index in [1.165, 1.54) is 29.0 Å². The van der Waals surface area contributed by atoms with E-state index in [4.69, 9.17) is 19.9 Å². The summed E-state index contributed by atoms with van der Waals surface area (Å²) in [5.41, 5.74) is 6.68. The largest absolute Gasteiger partial charge is 0.465 e. The monoisotopic (exact) mass is 657 g/mol. The molecule has 2 aliphatic rings. The molecule has 0 amide bonds. The van der Waals surface area contributed by atoms with E-state index in [9.17, 15) is 22.8 Å². The van der Waals surface area contributed by atoms with Crippen molar-refractivity contribution in [3.8, 4) is 11.6 Å². The van der Waals surface area contributed by atoms with Gasteiger partial charge in [0.1, 0.15) is 11.9 Å². The number of esters is 2. The van der Waals surface area contributed by atoms with Gasteiger partial charge in [0.05, 0.1) is 24.6 Å². The lowest BCUT2D eigenvalue weighted by Crippen LogP contribution is -2.41. The van der Waals surface area contributed by atoms with Crippen LogP contribution in [0.3, 0.4) is 0 Å². The number of hydrogen-bond acceptors (Lipinski definition) is 11. The molecule has 3 N–H and O–H groups in total. The third kappa shape index (κ3) is 8.02. The molecule has 15 heteroatoms. The number of hydrogen-bond donors (Lipinski definition) is 2. The Morgan fingerprint density at radius 1 is 1.13 bits per heavy atom. The first-order valence-electron chi connectivity index (χ1n) is 15.4. The summed E-state index contributed by atoms with van der Waals surface area (Å²) in [4.78, 5) is 34.3. The molecule has 2 aliphatic heterocycles. The predicted octanol–water partition coefficient (Wildman–Crippen LogP) is 4.32. The van der Waals surface area contributed by atoms with Gasteiger partial charge in [0.15, 0.2) is 0 Å². The molecule has 3 aromatic rings. The second-order valence-corrected chi connectivity index (χ2v) is 11.6. The smallest absolute Gasteiger partial charge is 0.429 e. The number of carbonyl (C=O) groups is 2. The van der Waals surface area contributed by atoms with E-state index in [0.717, 1.165) is 18.9 Å². The van der Waals surface area contributed by atoms with Crippen molar-refractivity contribution >= 4 is 29.8 Å². The SMILES string of the molecule is CCOC(=O)/C=C/c1ccc(-n2ccc(C)n2)c([C@@H](Oc2cc(N3CCC4(CC3)CN[C@H](C(=O)OCC)C4)nc(N)n2)C(F)(F)F)c1. The molecule has 2 atom stereocenters. The number of piperidine rings is 1. The van der Waals surface area contributed by atoms with Crippen molar-refractivity contribution in [2.45, 2.75) is 58.4 Å². The molecule has 0 aliphatic carbocycles. The lowest BCUT2D eigenvalue weighted by molar-refractivity contribution is -0.198. The van der Waals surface area contributed by atoms with Crippen LogP contribution in [-0.2, 0) is 19.1 Å². The van der Waals surface area contributed by atoms with Crippen LogP contribution in [0.25, 0.3) is 11.8 Å². The zero-order valence-electron chi connectivity index (χ0n) is 26.4. The fourth-order valence-corrected chi connectivity index (χ4v) is 6.00. The zero-order valence-corrected chi connectivity index (χ0v) is 26.4. The van der Waals surface area contributed by atoms with Crippen molar-refractivity contribution in [2.75, 3.05) is 43.5 Å². The number of halogens is 3. The zero-order chi connectivity index (χ0) is 33.8. The Morgan fingerprint density at radius 3 is 2.53 bits per heavy atom. The van der Waals surface area contributed by atoms with Gasteiger partial charge in [0, 0.05) is 43.5 Å². The van der Waals surface area contributed by atoms with E-state index in [0.29, 0.717) is 49.7 Å². The molecule has 1 aromatic carbocycles. The van der Waals surface area contributed by atoms with Crippen molar-refractivity contribution in [2.24, 2.45) is 5.41 Å². The van der Waals surface area contributed by atoms with Gasteiger partial charge in [-0.15, -0.1) is 0 Å². The second kappa shape index (κ2) is 14.0. The molecule has 1 spiro atoms. The van der Waals surface area contributed by atoms with Crippen LogP contribution in [-0.4, -0.2) is 76.8 Å². The highest BCUT2D eigenvalue weighted by Gasteiger charge is 2.46. The summed E-state index contributed by atoms with van der Waals surface area (Å²) in [6.45, 7) is 7.38. The van der Waals surface area contributed by atoms with Gasteiger partial charge in [0.2, 0.25) is 17.9 Å². The maximum atomic E-state index is 14.8. The van der Waals surface area contributed by atoms with Crippen LogP contribution in [0.2, 0.25) is 0 Å². The van der Waals surface area contributed by atoms with E-state index in [-0.39, 0.29) is 47.1 Å². The van der Waals surface area contributed by atoms with Gasteiger partial charge in [-0.25, -0.2) is 9.48 Å². The third-order valence-electron chi connectivity index (χ3n) is 8.32. The summed E-state index contributed by atoms with van der Waals surface area (Å²) >= 11 is 0. The average molecular weight is 658 g/mol. The molecular formula is C32H38F3N7O5. The van der Waals surface area contributed by atoms with Gasteiger partial charge in [-0.05, 0) is 75.3 Å². The number of benzene rings is 1. The summed E-state index contributed by atoms with van der Waals surface area (Å²) < 4.78 is 61.5. The van der Waals surface area contributed by atoms with Crippen LogP contribution >= 0.6 is 0 Å². The number of nitrogens with zero attached hydrogens (tertiary/aromatic N) is 5. The number of alkyl halides is 3. The lowest BCUT2D eigenvalue weighted by Gasteiger charge is -2.39. The molecule has 5 rings (SSSR count). The van der Waals surface area contributed by atoms with E-state index < -0.39 is 18.2 Å². The number of ether oxygens (including phenoxy) is 3. The Balaban J connectivity index is 1.41. The van der Waals surface area contributed by atoms with Crippen LogP contribution in [0.5, 0.6) is 5.88 Å². The lowest BCUT2D eigenvalue weighted by atomic mass is 9.76. The minimum Gasteiger partial charge on any atom is -0.465 e. The number of carbonyl (C=O) groups excluding carboxylic acids is 2. The van der Waals surface area contributed by atoms with Crippen LogP contribution < -0.4 is 20.7 Å². The topological polar surface area (TPSA) is 147 Å². The normalized spacial score (nSPS) is 18.4. The maximum Gasteiger partial charge on any atom is 0.429 e. The first-order chi connectivity index (χ1) is 22.4. The van der Waals surface area contributed by atoms with E-state index in [2.05, 4.69) is 20.4 Å². The quantitative estimate of drug-likeness (QED) is 0.237. The van der Waals surface area contributed by atoms with Crippen molar-refractivity contribution in [1.29, 1.82) is 0 Å². The molecular weight excluding hydrogens is 619 g/mol. The molecule has 4 heterocycles. The standard InChI is InChI=1S/C32H38F3N7O5/c1-4-45-27(43)9-7-21-6-8-24(42-13-10-20(3)40-42)22(16-21)28(32(33,34)35)47-26-17-25(38-30(36)39-26)41-14-11-31(12-15-41)18-23(37-19-31)29(44)46-5-2/h6-10,13,16-17,23,28,37H,4-5,11-12,14-15,18-19H2,1-3H3,(H2,36,38,39)/b9-7+/t23-,28+/m0/s1. The first-order valence-corrected chi connectivity index (χ1v) is 15.4. The average Bonchev–Trinajstić information content (AvgIpc) is 3.65.